The van der Waals surface area contributed by atoms with Crippen LogP contribution in [0.25, 0.3) is 0 Å². The maximum absolute atomic E-state index is 11.1. The van der Waals surface area contributed by atoms with Crippen molar-refractivity contribution in [3.63, 3.8) is 0 Å². The zero-order chi connectivity index (χ0) is 9.78. The van der Waals surface area contributed by atoms with Crippen LogP contribution in [0.15, 0.2) is 0 Å². The molecule has 0 aliphatic heterocycles. The van der Waals surface area contributed by atoms with Crippen molar-refractivity contribution in [3.05, 3.63) is 0 Å². The van der Waals surface area contributed by atoms with Gasteiger partial charge in [-0.3, -0.25) is 0 Å². The fourth-order valence-corrected chi connectivity index (χ4v) is 0.538. The molecule has 0 spiro atoms. The van der Waals surface area contributed by atoms with Gasteiger partial charge in [0.1, 0.15) is 0 Å². The molecule has 0 aromatic heterocycles. The van der Waals surface area contributed by atoms with Crippen LogP contribution in [0.4, 0.5) is 9.05 Å². The van der Waals surface area contributed by atoms with Gasteiger partial charge in [-0.1, -0.05) is 9.46 Å². The Morgan fingerprint density at radius 2 is 1.62 bits per heavy atom. The summed E-state index contributed by atoms with van der Waals surface area (Å²) in [6.07, 6.45) is 0. The number of carboxylic acids is 1. The van der Waals surface area contributed by atoms with E-state index >= 15 is 0 Å². The fraction of sp³-hybridized carbons (Fsp3) is 0. The van der Waals surface area contributed by atoms with Crippen LogP contribution in [0.2, 0.25) is 0 Å². The molecule has 0 rings (SSSR count). The summed E-state index contributed by atoms with van der Waals surface area (Å²) >= 11 is 0. The standard InChI is InChI=1S/C2HF2O7P.Li.H/c3-10-12(8,11-4)9-2(7)1(5)6;;/h(H,5,6);;. The topological polar surface area (TPSA) is 99.1 Å². The van der Waals surface area contributed by atoms with Crippen molar-refractivity contribution in [2.75, 3.05) is 0 Å². The molecular weight excluding hydrogens is 212 g/mol. The van der Waals surface area contributed by atoms with Crippen molar-refractivity contribution >= 4 is 38.6 Å². The number of carbonyl (C=O) groups excluding carboxylic acids is 1. The summed E-state index contributed by atoms with van der Waals surface area (Å²) < 4.78 is 39.9. The molecule has 0 atom stereocenters. The molecule has 1 N–H and O–H groups in total. The molecule has 0 heterocycles. The zero-order valence-electron chi connectivity index (χ0n) is 5.10. The van der Waals surface area contributed by atoms with Crippen molar-refractivity contribution in [2.24, 2.45) is 0 Å². The van der Waals surface area contributed by atoms with E-state index in [-0.39, 0.29) is 18.9 Å². The molecule has 0 radical (unpaired) electrons. The number of carboxylic acid groups (broad SMARTS) is 1. The number of halogens is 2. The van der Waals surface area contributed by atoms with Crippen LogP contribution < -0.4 is 0 Å². The molecule has 0 fully saturated rings. The minimum absolute atomic E-state index is 0. The predicted molar refractivity (Wildman–Crippen MR) is 32.9 cm³/mol. The quantitative estimate of drug-likeness (QED) is 0.396. The molecule has 0 aromatic rings. The van der Waals surface area contributed by atoms with Crippen molar-refractivity contribution < 1.29 is 42.3 Å². The van der Waals surface area contributed by atoms with Gasteiger partial charge in [0.15, 0.2) is 0 Å². The van der Waals surface area contributed by atoms with Crippen LogP contribution in [-0.2, 0) is 28.1 Å². The van der Waals surface area contributed by atoms with Crippen LogP contribution in [0, 0.1) is 0 Å². The first-order chi connectivity index (χ1) is 5.45. The van der Waals surface area contributed by atoms with Crippen LogP contribution in [0.3, 0.4) is 0 Å². The first-order valence-corrected chi connectivity index (χ1v) is 3.59. The fourth-order valence-electron chi connectivity index (χ4n) is 0.179. The Balaban J connectivity index is 0. The van der Waals surface area contributed by atoms with Crippen molar-refractivity contribution in [1.29, 1.82) is 0 Å². The predicted octanol–water partition coefficient (Wildman–Crippen LogP) is -0.124. The molecule has 0 unspecified atom stereocenters. The summed E-state index contributed by atoms with van der Waals surface area (Å²) in [5, 5.41) is 7.78. The Kier molecular flexibility index (Phi) is 7.02. The number of hydrogen-bond donors (Lipinski definition) is 1. The summed E-state index contributed by atoms with van der Waals surface area (Å²) in [7, 11) is -5.35. The van der Waals surface area contributed by atoms with E-state index in [9.17, 15) is 23.2 Å². The second-order valence-electron chi connectivity index (χ2n) is 1.27. The average molecular weight is 214 g/mol. The van der Waals surface area contributed by atoms with Crippen molar-refractivity contribution in [2.45, 2.75) is 0 Å². The van der Waals surface area contributed by atoms with E-state index in [0.29, 0.717) is 0 Å². The molecule has 7 nitrogen and oxygen atoms in total. The molecule has 0 aliphatic rings. The van der Waals surface area contributed by atoms with E-state index in [0.717, 1.165) is 0 Å². The molecule has 0 saturated carbocycles. The van der Waals surface area contributed by atoms with Gasteiger partial charge >= 0.3 is 38.6 Å². The Hall–Kier alpha value is -0.453. The molecule has 0 aromatic carbocycles. The molecule has 13 heavy (non-hydrogen) atoms. The molecule has 72 valence electrons. The Bertz CT molecular complexity index is 235. The summed E-state index contributed by atoms with van der Waals surface area (Å²) in [4.78, 5) is 19.6. The second-order valence-corrected chi connectivity index (χ2v) is 2.62. The van der Waals surface area contributed by atoms with E-state index < -0.39 is 19.8 Å². The number of phosphoric acid groups is 1. The SMILES string of the molecule is O=C(O)C(=O)OP(=O)(OF)OF.[LiH]. The summed E-state index contributed by atoms with van der Waals surface area (Å²) in [6.45, 7) is 0. The van der Waals surface area contributed by atoms with Gasteiger partial charge in [-0.15, -0.1) is 0 Å². The van der Waals surface area contributed by atoms with Crippen molar-refractivity contribution in [3.8, 4) is 0 Å². The van der Waals surface area contributed by atoms with Gasteiger partial charge in [0.2, 0.25) is 0 Å². The number of hydrogen-bond acceptors (Lipinski definition) is 6. The first kappa shape index (κ1) is 15.0. The van der Waals surface area contributed by atoms with Crippen LogP contribution in [-0.4, -0.2) is 35.9 Å². The number of aliphatic carboxylic acids is 1. The molecule has 0 amide bonds. The maximum atomic E-state index is 11.1. The second kappa shape index (κ2) is 6.07. The van der Waals surface area contributed by atoms with Gasteiger partial charge in [0, 0.05) is 0 Å². The van der Waals surface area contributed by atoms with Crippen molar-refractivity contribution in [1.82, 2.24) is 0 Å². The monoisotopic (exact) mass is 214 g/mol. The van der Waals surface area contributed by atoms with Gasteiger partial charge < -0.3 is 9.63 Å². The van der Waals surface area contributed by atoms with Crippen LogP contribution >= 0.6 is 7.82 Å². The van der Waals surface area contributed by atoms with E-state index in [1.165, 1.54) is 0 Å². The van der Waals surface area contributed by atoms with Gasteiger partial charge in [-0.25, -0.2) is 14.2 Å². The van der Waals surface area contributed by atoms with Gasteiger partial charge in [-0.2, -0.15) is 0 Å². The third-order valence-corrected chi connectivity index (χ3v) is 1.27. The van der Waals surface area contributed by atoms with Gasteiger partial charge in [0.05, 0.1) is 0 Å². The van der Waals surface area contributed by atoms with E-state index in [4.69, 9.17) is 5.11 Å². The van der Waals surface area contributed by atoms with Crippen LogP contribution in [0.5, 0.6) is 0 Å². The third-order valence-electron chi connectivity index (χ3n) is 0.538. The molecule has 0 bridgehead atoms. The normalized spacial score (nSPS) is 10.0. The average Bonchev–Trinajstić information content (AvgIpc) is 2.04. The summed E-state index contributed by atoms with van der Waals surface area (Å²) in [5.41, 5.74) is 0. The van der Waals surface area contributed by atoms with E-state index in [2.05, 4.69) is 14.0 Å². The third kappa shape index (κ3) is 4.97. The minimum atomic E-state index is -5.35. The van der Waals surface area contributed by atoms with E-state index in [1.54, 1.807) is 0 Å². The molecule has 0 aliphatic carbocycles. The van der Waals surface area contributed by atoms with Crippen LogP contribution in [0.1, 0.15) is 0 Å². The van der Waals surface area contributed by atoms with Gasteiger partial charge in [-0.05, 0) is 9.05 Å². The summed E-state index contributed by atoms with van der Waals surface area (Å²) in [5.74, 6) is -4.38. The zero-order valence-corrected chi connectivity index (χ0v) is 5.99. The van der Waals surface area contributed by atoms with Gasteiger partial charge in [0.25, 0.3) is 0 Å². The van der Waals surface area contributed by atoms with E-state index in [1.807, 2.05) is 0 Å². The number of carbonyl (C=O) groups is 2. The molecule has 11 heteroatoms. The molecule has 0 saturated heterocycles. The number of rotatable bonds is 3. The Labute approximate surface area is 81.5 Å². The Morgan fingerprint density at radius 3 is 1.85 bits per heavy atom. The molecular formula is C2H2F2LiO7P. The first-order valence-electron chi connectivity index (χ1n) is 2.12. The Morgan fingerprint density at radius 1 is 1.23 bits per heavy atom. The summed E-state index contributed by atoms with van der Waals surface area (Å²) in [6, 6.07) is 0.